The van der Waals surface area contributed by atoms with Crippen molar-refractivity contribution in [2.45, 2.75) is 25.3 Å². The Morgan fingerprint density at radius 2 is 1.63 bits per heavy atom. The highest BCUT2D eigenvalue weighted by Gasteiger charge is 2.32. The minimum atomic E-state index is -1.07. The average molecular weight is 385 g/mol. The van der Waals surface area contributed by atoms with Gasteiger partial charge in [0.05, 0.1) is 6.61 Å². The van der Waals surface area contributed by atoms with Crippen LogP contribution in [-0.4, -0.2) is 40.8 Å². The molecule has 0 saturated heterocycles. The predicted octanol–water partition coefficient (Wildman–Crippen LogP) is 3.56. The molecule has 0 spiro atoms. The second-order valence-electron chi connectivity index (χ2n) is 6.94. The summed E-state index contributed by atoms with van der Waals surface area (Å²) in [5, 5.41) is 11.2. The lowest BCUT2D eigenvalue weighted by molar-refractivity contribution is -0.115. The first-order chi connectivity index (χ1) is 12.9. The summed E-state index contributed by atoms with van der Waals surface area (Å²) in [7, 11) is 0. The maximum atomic E-state index is 12.3. The van der Waals surface area contributed by atoms with Crippen molar-refractivity contribution < 1.29 is 19.4 Å². The van der Waals surface area contributed by atoms with Crippen LogP contribution in [0, 0.1) is 0 Å². The van der Waals surface area contributed by atoms with Gasteiger partial charge >= 0.3 is 6.09 Å². The Balaban J connectivity index is 1.67. The lowest BCUT2D eigenvalue weighted by atomic mass is 9.98. The van der Waals surface area contributed by atoms with Crippen molar-refractivity contribution in [3.05, 3.63) is 59.7 Å². The van der Waals surface area contributed by atoms with Crippen LogP contribution in [0.15, 0.2) is 48.5 Å². The van der Waals surface area contributed by atoms with Gasteiger partial charge in [-0.3, -0.25) is 4.79 Å². The number of fused-ring (bicyclic) bond motifs is 3. The molecule has 3 rings (SSSR count). The molecule has 1 aliphatic rings. The number of aliphatic hydroxyl groups is 1. The highest BCUT2D eigenvalue weighted by molar-refractivity contribution is 8.13. The van der Waals surface area contributed by atoms with Crippen LogP contribution in [0.5, 0.6) is 0 Å². The third-order valence-corrected chi connectivity index (χ3v) is 5.75. The summed E-state index contributed by atoms with van der Waals surface area (Å²) in [6.07, 6.45) is -0.625. The van der Waals surface area contributed by atoms with Crippen LogP contribution in [0.25, 0.3) is 11.1 Å². The fraction of sp³-hybridized carbons (Fsp3) is 0.333. The molecule has 0 aliphatic heterocycles. The Morgan fingerprint density at radius 3 is 2.19 bits per heavy atom. The molecule has 27 heavy (non-hydrogen) atoms. The van der Waals surface area contributed by atoms with Gasteiger partial charge in [0.1, 0.15) is 12.1 Å². The third-order valence-electron chi connectivity index (χ3n) is 4.59. The smallest absolute Gasteiger partial charge is 0.407 e. The van der Waals surface area contributed by atoms with Crippen LogP contribution in [0.1, 0.15) is 30.9 Å². The number of benzene rings is 2. The van der Waals surface area contributed by atoms with E-state index in [9.17, 15) is 9.59 Å². The molecule has 0 fully saturated rings. The SMILES string of the molecule is CC(C)(NC(=O)OCC1c2ccccc2-c2ccccc21)C(=O)SCCO. The first kappa shape index (κ1) is 19.5. The number of ether oxygens (including phenoxy) is 1. The van der Waals surface area contributed by atoms with Crippen LogP contribution >= 0.6 is 11.8 Å². The van der Waals surface area contributed by atoms with Gasteiger partial charge in [-0.1, -0.05) is 60.3 Å². The highest BCUT2D eigenvalue weighted by atomic mass is 32.2. The molecule has 5 nitrogen and oxygen atoms in total. The van der Waals surface area contributed by atoms with Crippen LogP contribution in [0.3, 0.4) is 0 Å². The summed E-state index contributed by atoms with van der Waals surface area (Å²) in [6, 6.07) is 16.2. The fourth-order valence-corrected chi connectivity index (χ4v) is 3.95. The molecular weight excluding hydrogens is 362 g/mol. The second kappa shape index (κ2) is 8.15. The molecule has 0 bridgehead atoms. The fourth-order valence-electron chi connectivity index (χ4n) is 3.26. The van der Waals surface area contributed by atoms with Crippen molar-refractivity contribution in [3.63, 3.8) is 0 Å². The van der Waals surface area contributed by atoms with Crippen molar-refractivity contribution in [2.75, 3.05) is 19.0 Å². The Hall–Kier alpha value is -2.31. The van der Waals surface area contributed by atoms with E-state index in [1.54, 1.807) is 13.8 Å². The maximum Gasteiger partial charge on any atom is 0.407 e. The zero-order valence-corrected chi connectivity index (χ0v) is 16.2. The Morgan fingerprint density at radius 1 is 1.07 bits per heavy atom. The van der Waals surface area contributed by atoms with Crippen LogP contribution in [-0.2, 0) is 9.53 Å². The topological polar surface area (TPSA) is 75.6 Å². The van der Waals surface area contributed by atoms with E-state index in [4.69, 9.17) is 9.84 Å². The summed E-state index contributed by atoms with van der Waals surface area (Å²) in [6.45, 7) is 3.37. The van der Waals surface area contributed by atoms with Gasteiger partial charge < -0.3 is 15.2 Å². The van der Waals surface area contributed by atoms with E-state index in [1.807, 2.05) is 24.3 Å². The Bertz CT molecular complexity index is 804. The number of amides is 1. The minimum Gasteiger partial charge on any atom is -0.449 e. The number of aliphatic hydroxyl groups excluding tert-OH is 1. The summed E-state index contributed by atoms with van der Waals surface area (Å²) in [4.78, 5) is 24.4. The molecule has 0 atom stereocenters. The molecule has 6 heteroatoms. The molecule has 142 valence electrons. The molecule has 1 aliphatic carbocycles. The van der Waals surface area contributed by atoms with Gasteiger partial charge in [-0.15, -0.1) is 0 Å². The van der Waals surface area contributed by atoms with E-state index < -0.39 is 11.6 Å². The normalized spacial score (nSPS) is 13.0. The lowest BCUT2D eigenvalue weighted by Gasteiger charge is -2.24. The molecule has 2 N–H and O–H groups in total. The minimum absolute atomic E-state index is 0.0225. The van der Waals surface area contributed by atoms with Crippen molar-refractivity contribution in [1.82, 2.24) is 5.32 Å². The summed E-state index contributed by atoms with van der Waals surface area (Å²) < 4.78 is 5.47. The Labute approximate surface area is 163 Å². The van der Waals surface area contributed by atoms with Gasteiger partial charge in [0.15, 0.2) is 0 Å². The van der Waals surface area contributed by atoms with Gasteiger partial charge in [0.25, 0.3) is 0 Å². The quantitative estimate of drug-likeness (QED) is 0.795. The number of alkyl carbamates (subject to hydrolysis) is 1. The molecule has 0 saturated carbocycles. The number of rotatable bonds is 6. The van der Waals surface area contributed by atoms with Crippen molar-refractivity contribution in [2.24, 2.45) is 0 Å². The number of thioether (sulfide) groups is 1. The van der Waals surface area contributed by atoms with E-state index in [0.717, 1.165) is 34.0 Å². The molecule has 2 aromatic rings. The van der Waals surface area contributed by atoms with E-state index >= 15 is 0 Å². The van der Waals surface area contributed by atoms with E-state index in [0.29, 0.717) is 5.75 Å². The number of hydrogen-bond donors (Lipinski definition) is 2. The molecule has 0 radical (unpaired) electrons. The first-order valence-electron chi connectivity index (χ1n) is 8.85. The molecule has 2 aromatic carbocycles. The number of carbonyl (C=O) groups excluding carboxylic acids is 2. The number of carbonyl (C=O) groups is 2. The van der Waals surface area contributed by atoms with Gasteiger partial charge in [-0.05, 0) is 36.1 Å². The summed E-state index contributed by atoms with van der Waals surface area (Å²) >= 11 is 0.991. The number of nitrogens with one attached hydrogen (secondary N) is 1. The molecular formula is C21H23NO4S. The number of hydrogen-bond acceptors (Lipinski definition) is 5. The maximum absolute atomic E-state index is 12.3. The summed E-state index contributed by atoms with van der Waals surface area (Å²) in [5.41, 5.74) is 3.54. The predicted molar refractivity (Wildman–Crippen MR) is 107 cm³/mol. The van der Waals surface area contributed by atoms with E-state index in [-0.39, 0.29) is 24.2 Å². The Kier molecular flexibility index (Phi) is 5.87. The molecule has 1 amide bonds. The third kappa shape index (κ3) is 4.17. The van der Waals surface area contributed by atoms with Crippen molar-refractivity contribution >= 4 is 23.0 Å². The van der Waals surface area contributed by atoms with Gasteiger partial charge in [0, 0.05) is 11.7 Å². The largest absolute Gasteiger partial charge is 0.449 e. The van der Waals surface area contributed by atoms with Crippen molar-refractivity contribution in [1.29, 1.82) is 0 Å². The lowest BCUT2D eigenvalue weighted by Crippen LogP contribution is -2.49. The van der Waals surface area contributed by atoms with Gasteiger partial charge in [0.2, 0.25) is 5.12 Å². The molecule has 0 unspecified atom stereocenters. The van der Waals surface area contributed by atoms with Crippen LogP contribution in [0.2, 0.25) is 0 Å². The van der Waals surface area contributed by atoms with Gasteiger partial charge in [-0.25, -0.2) is 4.79 Å². The zero-order chi connectivity index (χ0) is 19.4. The van der Waals surface area contributed by atoms with Gasteiger partial charge in [-0.2, -0.15) is 0 Å². The van der Waals surface area contributed by atoms with Crippen LogP contribution in [0.4, 0.5) is 4.79 Å². The first-order valence-corrected chi connectivity index (χ1v) is 9.84. The highest BCUT2D eigenvalue weighted by Crippen LogP contribution is 2.44. The second-order valence-corrected chi connectivity index (χ2v) is 8.00. The van der Waals surface area contributed by atoms with E-state index in [2.05, 4.69) is 29.6 Å². The van der Waals surface area contributed by atoms with Crippen molar-refractivity contribution in [3.8, 4) is 11.1 Å². The molecule has 0 heterocycles. The zero-order valence-electron chi connectivity index (χ0n) is 15.4. The monoisotopic (exact) mass is 385 g/mol. The van der Waals surface area contributed by atoms with Crippen LogP contribution < -0.4 is 5.32 Å². The average Bonchev–Trinajstić information content (AvgIpc) is 2.98. The standard InChI is InChI=1S/C21H23NO4S/c1-21(2,19(24)27-12-11-23)22-20(25)26-13-18-16-9-5-3-7-14(16)15-8-4-6-10-17(15)18/h3-10,18,23H,11-13H2,1-2H3,(H,22,25). The van der Waals surface area contributed by atoms with E-state index in [1.165, 1.54) is 0 Å². The molecule has 0 aromatic heterocycles. The summed E-state index contributed by atoms with van der Waals surface area (Å²) in [5.74, 6) is 0.278.